The lowest BCUT2D eigenvalue weighted by Gasteiger charge is -2.32. The van der Waals surface area contributed by atoms with Crippen LogP contribution in [-0.2, 0) is 9.59 Å². The van der Waals surface area contributed by atoms with Gasteiger partial charge >= 0.3 is 11.8 Å². The molecule has 2 aromatic rings. The summed E-state index contributed by atoms with van der Waals surface area (Å²) in [6.45, 7) is 2.15. The van der Waals surface area contributed by atoms with Gasteiger partial charge in [0, 0.05) is 30.9 Å². The van der Waals surface area contributed by atoms with Crippen LogP contribution in [0.5, 0.6) is 0 Å². The maximum Gasteiger partial charge on any atom is 0.313 e. The van der Waals surface area contributed by atoms with E-state index in [1.165, 1.54) is 12.1 Å². The summed E-state index contributed by atoms with van der Waals surface area (Å²) in [7, 11) is 0. The van der Waals surface area contributed by atoms with Gasteiger partial charge in [0.25, 0.3) is 0 Å². The molecule has 0 aliphatic carbocycles. The van der Waals surface area contributed by atoms with Gasteiger partial charge in [-0.05, 0) is 49.1 Å². The van der Waals surface area contributed by atoms with Crippen LogP contribution in [0.1, 0.15) is 18.4 Å². The summed E-state index contributed by atoms with van der Waals surface area (Å²) >= 11 is 5.89. The number of carbonyl (C=O) groups excluding carboxylic acids is 2. The molecule has 2 N–H and O–H groups in total. The predicted molar refractivity (Wildman–Crippen MR) is 107 cm³/mol. The smallest absolute Gasteiger partial charge is 0.313 e. The molecule has 0 spiro atoms. The van der Waals surface area contributed by atoms with E-state index in [4.69, 9.17) is 16.9 Å². The summed E-state index contributed by atoms with van der Waals surface area (Å²) in [5.74, 6) is -0.280. The highest BCUT2D eigenvalue weighted by atomic mass is 35.5. The van der Waals surface area contributed by atoms with Crippen molar-refractivity contribution in [2.24, 2.45) is 5.92 Å². The molecule has 1 saturated heterocycles. The average Bonchev–Trinajstić information content (AvgIpc) is 2.73. The third-order valence-electron chi connectivity index (χ3n) is 4.70. The quantitative estimate of drug-likeness (QED) is 0.772. The van der Waals surface area contributed by atoms with Gasteiger partial charge in [-0.25, -0.2) is 4.98 Å². The van der Waals surface area contributed by atoms with Crippen molar-refractivity contribution in [3.05, 3.63) is 53.2 Å². The van der Waals surface area contributed by atoms with Crippen molar-refractivity contribution < 1.29 is 9.59 Å². The topological polar surface area (TPSA) is 98.1 Å². The lowest BCUT2D eigenvalue weighted by atomic mass is 9.97. The highest BCUT2D eigenvalue weighted by molar-refractivity contribution is 6.40. The van der Waals surface area contributed by atoms with Gasteiger partial charge in [-0.15, -0.1) is 0 Å². The highest BCUT2D eigenvalue weighted by Crippen LogP contribution is 2.22. The number of benzene rings is 1. The second kappa shape index (κ2) is 9.20. The Labute approximate surface area is 168 Å². The fourth-order valence-electron chi connectivity index (χ4n) is 3.12. The van der Waals surface area contributed by atoms with Gasteiger partial charge < -0.3 is 15.5 Å². The molecule has 0 bridgehead atoms. The zero-order valence-electron chi connectivity index (χ0n) is 15.2. The van der Waals surface area contributed by atoms with Crippen LogP contribution in [0.3, 0.4) is 0 Å². The van der Waals surface area contributed by atoms with E-state index >= 15 is 0 Å². The number of aromatic nitrogens is 1. The normalized spacial score (nSPS) is 14.2. The van der Waals surface area contributed by atoms with Crippen LogP contribution < -0.4 is 15.5 Å². The number of nitriles is 1. The van der Waals surface area contributed by atoms with Crippen LogP contribution in [-0.4, -0.2) is 36.4 Å². The van der Waals surface area contributed by atoms with Gasteiger partial charge in [0.1, 0.15) is 11.9 Å². The van der Waals surface area contributed by atoms with E-state index < -0.39 is 11.8 Å². The van der Waals surface area contributed by atoms with Gasteiger partial charge in [-0.2, -0.15) is 5.26 Å². The lowest BCUT2D eigenvalue weighted by Crippen LogP contribution is -2.42. The van der Waals surface area contributed by atoms with Crippen molar-refractivity contribution in [1.82, 2.24) is 10.3 Å². The minimum atomic E-state index is -0.815. The fourth-order valence-corrected chi connectivity index (χ4v) is 3.29. The molecular weight excluding hydrogens is 378 g/mol. The first-order valence-corrected chi connectivity index (χ1v) is 9.39. The van der Waals surface area contributed by atoms with Crippen molar-refractivity contribution in [1.29, 1.82) is 5.26 Å². The van der Waals surface area contributed by atoms with Gasteiger partial charge in [-0.3, -0.25) is 9.59 Å². The molecule has 1 aliphatic rings. The average molecular weight is 398 g/mol. The third kappa shape index (κ3) is 4.99. The minimum Gasteiger partial charge on any atom is -0.357 e. The van der Waals surface area contributed by atoms with E-state index in [-0.39, 0.29) is 11.3 Å². The first kappa shape index (κ1) is 19.6. The van der Waals surface area contributed by atoms with E-state index in [0.29, 0.717) is 17.5 Å². The van der Waals surface area contributed by atoms with Crippen LogP contribution in [0.25, 0.3) is 0 Å². The molecule has 0 unspecified atom stereocenters. The minimum absolute atomic E-state index is 0.221. The Balaban J connectivity index is 1.46. The monoisotopic (exact) mass is 397 g/mol. The molecular formula is C20H20ClN5O2. The van der Waals surface area contributed by atoms with E-state index in [1.807, 2.05) is 24.3 Å². The fraction of sp³-hybridized carbons (Fsp3) is 0.300. The summed E-state index contributed by atoms with van der Waals surface area (Å²) in [6.07, 6.45) is 3.59. The molecule has 0 saturated carbocycles. The molecule has 1 aromatic heterocycles. The van der Waals surface area contributed by atoms with Crippen molar-refractivity contribution in [3.8, 4) is 6.07 Å². The van der Waals surface area contributed by atoms with E-state index in [2.05, 4.69) is 20.5 Å². The molecule has 1 aliphatic heterocycles. The third-order valence-corrected chi connectivity index (χ3v) is 4.93. The van der Waals surface area contributed by atoms with Crippen LogP contribution in [0.15, 0.2) is 42.6 Å². The Morgan fingerprint density at radius 1 is 1.21 bits per heavy atom. The Morgan fingerprint density at radius 2 is 2.00 bits per heavy atom. The number of carbonyl (C=O) groups is 2. The molecule has 144 valence electrons. The zero-order chi connectivity index (χ0) is 19.9. The largest absolute Gasteiger partial charge is 0.357 e. The molecule has 1 fully saturated rings. The number of amides is 2. The summed E-state index contributed by atoms with van der Waals surface area (Å²) in [4.78, 5) is 30.8. The molecule has 0 radical (unpaired) electrons. The summed E-state index contributed by atoms with van der Waals surface area (Å²) < 4.78 is 0. The molecule has 28 heavy (non-hydrogen) atoms. The molecule has 1 aromatic carbocycles. The second-order valence-corrected chi connectivity index (χ2v) is 7.02. The number of rotatable bonds is 4. The number of nitrogens with one attached hydrogen (secondary N) is 2. The molecule has 2 heterocycles. The highest BCUT2D eigenvalue weighted by Gasteiger charge is 2.22. The molecule has 8 heteroatoms. The number of hydrogen-bond donors (Lipinski definition) is 2. The number of anilines is 2. The van der Waals surface area contributed by atoms with Crippen LogP contribution >= 0.6 is 11.6 Å². The number of piperidine rings is 1. The van der Waals surface area contributed by atoms with Crippen molar-refractivity contribution in [2.75, 3.05) is 29.9 Å². The van der Waals surface area contributed by atoms with Gasteiger partial charge in [0.15, 0.2) is 0 Å². The molecule has 7 nitrogen and oxygen atoms in total. The van der Waals surface area contributed by atoms with Crippen molar-refractivity contribution in [2.45, 2.75) is 12.8 Å². The Kier molecular flexibility index (Phi) is 6.45. The summed E-state index contributed by atoms with van der Waals surface area (Å²) in [5.41, 5.74) is 0.464. The first-order chi connectivity index (χ1) is 13.6. The van der Waals surface area contributed by atoms with Crippen molar-refractivity contribution in [3.63, 3.8) is 0 Å². The maximum absolute atomic E-state index is 12.1. The summed E-state index contributed by atoms with van der Waals surface area (Å²) in [6, 6.07) is 12.3. The van der Waals surface area contributed by atoms with E-state index in [9.17, 15) is 9.59 Å². The standard InChI is InChI=1S/C20H20ClN5O2/c21-16-5-4-15(12-22)17(11-16)25-20(28)19(27)24-13-14-6-9-26(10-7-14)18-3-1-2-8-23-18/h1-5,8,11,14H,6-7,9-10,13H2,(H,24,27)(H,25,28). The number of pyridine rings is 1. The number of nitrogens with zero attached hydrogens (tertiary/aromatic N) is 3. The van der Waals surface area contributed by atoms with Gasteiger partial charge in [0.05, 0.1) is 11.3 Å². The maximum atomic E-state index is 12.1. The first-order valence-electron chi connectivity index (χ1n) is 9.01. The number of hydrogen-bond acceptors (Lipinski definition) is 5. The number of halogens is 1. The van der Waals surface area contributed by atoms with Crippen LogP contribution in [0.4, 0.5) is 11.5 Å². The van der Waals surface area contributed by atoms with Gasteiger partial charge in [-0.1, -0.05) is 17.7 Å². The van der Waals surface area contributed by atoms with Gasteiger partial charge in [0.2, 0.25) is 0 Å². The molecule has 0 atom stereocenters. The second-order valence-electron chi connectivity index (χ2n) is 6.58. The molecule has 3 rings (SSSR count). The predicted octanol–water partition coefficient (Wildman–Crippen LogP) is 2.58. The Bertz CT molecular complexity index is 889. The zero-order valence-corrected chi connectivity index (χ0v) is 15.9. The van der Waals surface area contributed by atoms with E-state index in [0.717, 1.165) is 31.7 Å². The summed E-state index contributed by atoms with van der Waals surface area (Å²) in [5, 5.41) is 14.6. The Hall–Kier alpha value is -3.11. The van der Waals surface area contributed by atoms with Crippen LogP contribution in [0.2, 0.25) is 5.02 Å². The lowest BCUT2D eigenvalue weighted by molar-refractivity contribution is -0.136. The van der Waals surface area contributed by atoms with Crippen LogP contribution in [0, 0.1) is 17.2 Å². The SMILES string of the molecule is N#Cc1ccc(Cl)cc1NC(=O)C(=O)NCC1CCN(c2ccccn2)CC1. The van der Waals surface area contributed by atoms with E-state index in [1.54, 1.807) is 12.3 Å². The molecule has 2 amide bonds. The Morgan fingerprint density at radius 3 is 2.68 bits per heavy atom. The van der Waals surface area contributed by atoms with Crippen molar-refractivity contribution >= 4 is 34.9 Å².